The van der Waals surface area contributed by atoms with Crippen LogP contribution in [0.5, 0.6) is 0 Å². The molecule has 1 aliphatic rings. The Morgan fingerprint density at radius 2 is 2.05 bits per heavy atom. The Kier molecular flexibility index (Phi) is 6.32. The van der Waals surface area contributed by atoms with Crippen molar-refractivity contribution in [2.45, 2.75) is 32.7 Å². The number of hydrogen-bond acceptors (Lipinski definition) is 2. The summed E-state index contributed by atoms with van der Waals surface area (Å²) >= 11 is 0. The van der Waals surface area contributed by atoms with Crippen molar-refractivity contribution in [3.05, 3.63) is 35.4 Å². The van der Waals surface area contributed by atoms with E-state index in [0.717, 1.165) is 38.0 Å². The van der Waals surface area contributed by atoms with E-state index in [2.05, 4.69) is 31.3 Å². The van der Waals surface area contributed by atoms with Gasteiger partial charge < -0.3 is 10.2 Å². The van der Waals surface area contributed by atoms with Gasteiger partial charge in [-0.05, 0) is 31.0 Å². The predicted molar refractivity (Wildman–Crippen MR) is 81.1 cm³/mol. The number of aryl methyl sites for hydroxylation is 1. The van der Waals surface area contributed by atoms with Gasteiger partial charge in [0.2, 0.25) is 0 Å². The molecule has 3 nitrogen and oxygen atoms in total. The summed E-state index contributed by atoms with van der Waals surface area (Å²) in [5, 5.41) is 3.30. The number of carbonyl (C=O) groups is 1. The molecule has 0 bridgehead atoms. The minimum Gasteiger partial charge on any atom is -0.333 e. The molecule has 0 saturated carbocycles. The number of nitrogens with one attached hydrogen (secondary N) is 1. The highest BCUT2D eigenvalue weighted by Crippen LogP contribution is 2.12. The second kappa shape index (κ2) is 7.51. The number of rotatable bonds is 3. The van der Waals surface area contributed by atoms with Gasteiger partial charge in [-0.15, -0.1) is 12.4 Å². The second-order valence-electron chi connectivity index (χ2n) is 5.00. The monoisotopic (exact) mass is 282 g/mol. The Morgan fingerprint density at radius 1 is 1.37 bits per heavy atom. The van der Waals surface area contributed by atoms with E-state index in [0.29, 0.717) is 0 Å². The fraction of sp³-hybridized carbons (Fsp3) is 0.533. The molecule has 0 radical (unpaired) electrons. The van der Waals surface area contributed by atoms with Crippen molar-refractivity contribution in [1.29, 1.82) is 0 Å². The molecule has 2 rings (SSSR count). The summed E-state index contributed by atoms with van der Waals surface area (Å²) in [6, 6.07) is 8.35. The minimum absolute atomic E-state index is 0. The van der Waals surface area contributed by atoms with Crippen molar-refractivity contribution in [1.82, 2.24) is 10.2 Å². The van der Waals surface area contributed by atoms with Crippen molar-refractivity contribution in [2.24, 2.45) is 0 Å². The molecule has 1 aromatic carbocycles. The molecular weight excluding hydrogens is 260 g/mol. The van der Waals surface area contributed by atoms with Gasteiger partial charge in [-0.1, -0.05) is 25.5 Å². The number of nitrogens with zero attached hydrogens (tertiary/aromatic N) is 1. The third kappa shape index (κ3) is 3.95. The molecule has 19 heavy (non-hydrogen) atoms. The van der Waals surface area contributed by atoms with Crippen LogP contribution in [0.2, 0.25) is 0 Å². The Hall–Kier alpha value is -1.06. The first kappa shape index (κ1) is 16.0. The van der Waals surface area contributed by atoms with Crippen LogP contribution in [0.4, 0.5) is 0 Å². The summed E-state index contributed by atoms with van der Waals surface area (Å²) < 4.78 is 0. The average molecular weight is 283 g/mol. The highest BCUT2D eigenvalue weighted by Gasteiger charge is 2.23. The molecule has 1 saturated heterocycles. The van der Waals surface area contributed by atoms with Gasteiger partial charge in [-0.2, -0.15) is 0 Å². The number of amides is 1. The van der Waals surface area contributed by atoms with Gasteiger partial charge in [0.15, 0.2) is 0 Å². The Labute approximate surface area is 121 Å². The SMILES string of the molecule is CCCc1ccc(C(=O)N2CCNCC2C)cc1.Cl. The molecule has 106 valence electrons. The largest absolute Gasteiger partial charge is 0.333 e. The van der Waals surface area contributed by atoms with Crippen molar-refractivity contribution in [3.8, 4) is 0 Å². The molecule has 0 spiro atoms. The maximum absolute atomic E-state index is 12.4. The minimum atomic E-state index is 0. The van der Waals surface area contributed by atoms with Gasteiger partial charge in [-0.25, -0.2) is 0 Å². The van der Waals surface area contributed by atoms with E-state index in [4.69, 9.17) is 0 Å². The molecule has 1 N–H and O–H groups in total. The fourth-order valence-electron chi connectivity index (χ4n) is 2.41. The van der Waals surface area contributed by atoms with E-state index in [-0.39, 0.29) is 24.4 Å². The maximum Gasteiger partial charge on any atom is 0.254 e. The number of piperazine rings is 1. The number of carbonyl (C=O) groups excluding carboxylic acids is 1. The van der Waals surface area contributed by atoms with Gasteiger partial charge in [0.1, 0.15) is 0 Å². The van der Waals surface area contributed by atoms with Crippen molar-refractivity contribution in [2.75, 3.05) is 19.6 Å². The quantitative estimate of drug-likeness (QED) is 0.924. The van der Waals surface area contributed by atoms with E-state index in [9.17, 15) is 4.79 Å². The van der Waals surface area contributed by atoms with Gasteiger partial charge in [0, 0.05) is 31.2 Å². The van der Waals surface area contributed by atoms with Crippen molar-refractivity contribution < 1.29 is 4.79 Å². The Morgan fingerprint density at radius 3 is 2.63 bits per heavy atom. The van der Waals surface area contributed by atoms with E-state index < -0.39 is 0 Å². The molecular formula is C15H23ClN2O. The molecule has 4 heteroatoms. The Balaban J connectivity index is 0.00000180. The van der Waals surface area contributed by atoms with E-state index >= 15 is 0 Å². The predicted octanol–water partition coefficient (Wildman–Crippen LogP) is 2.49. The molecule has 0 aliphatic carbocycles. The molecule has 1 heterocycles. The van der Waals surface area contributed by atoms with Crippen LogP contribution in [-0.4, -0.2) is 36.5 Å². The first-order chi connectivity index (χ1) is 8.72. The summed E-state index contributed by atoms with van der Waals surface area (Å²) in [5.74, 6) is 0.159. The maximum atomic E-state index is 12.4. The molecule has 1 amide bonds. The molecule has 1 unspecified atom stereocenters. The first-order valence-corrected chi connectivity index (χ1v) is 6.83. The number of hydrogen-bond donors (Lipinski definition) is 1. The summed E-state index contributed by atoms with van der Waals surface area (Å²) in [6.45, 7) is 6.84. The zero-order valence-corrected chi connectivity index (χ0v) is 12.5. The molecule has 1 atom stereocenters. The van der Waals surface area contributed by atoms with Gasteiger partial charge >= 0.3 is 0 Å². The van der Waals surface area contributed by atoms with Crippen LogP contribution < -0.4 is 5.32 Å². The molecule has 1 aliphatic heterocycles. The normalized spacial score (nSPS) is 18.8. The average Bonchev–Trinajstić information content (AvgIpc) is 2.40. The standard InChI is InChI=1S/C15H22N2O.ClH/c1-3-4-13-5-7-14(8-6-13)15(18)17-10-9-16-11-12(17)2;/h5-8,12,16H,3-4,9-11H2,1-2H3;1H. The summed E-state index contributed by atoms with van der Waals surface area (Å²) in [5.41, 5.74) is 2.12. The van der Waals surface area contributed by atoms with Crippen LogP contribution in [0.1, 0.15) is 36.2 Å². The third-order valence-electron chi connectivity index (χ3n) is 3.50. The number of halogens is 1. The molecule has 0 aromatic heterocycles. The van der Waals surface area contributed by atoms with Gasteiger partial charge in [0.25, 0.3) is 5.91 Å². The van der Waals surface area contributed by atoms with E-state index in [1.54, 1.807) is 0 Å². The zero-order valence-electron chi connectivity index (χ0n) is 11.7. The van der Waals surface area contributed by atoms with Crippen LogP contribution in [-0.2, 0) is 6.42 Å². The van der Waals surface area contributed by atoms with Gasteiger partial charge in [0.05, 0.1) is 0 Å². The summed E-state index contributed by atoms with van der Waals surface area (Å²) in [6.07, 6.45) is 2.22. The van der Waals surface area contributed by atoms with Gasteiger partial charge in [-0.3, -0.25) is 4.79 Å². The molecule has 1 fully saturated rings. The van der Waals surface area contributed by atoms with E-state index in [1.165, 1.54) is 5.56 Å². The first-order valence-electron chi connectivity index (χ1n) is 6.83. The lowest BCUT2D eigenvalue weighted by Crippen LogP contribution is -2.52. The number of benzene rings is 1. The van der Waals surface area contributed by atoms with Crippen LogP contribution in [0.15, 0.2) is 24.3 Å². The smallest absolute Gasteiger partial charge is 0.254 e. The van der Waals surface area contributed by atoms with Crippen LogP contribution in [0, 0.1) is 0 Å². The third-order valence-corrected chi connectivity index (χ3v) is 3.50. The van der Waals surface area contributed by atoms with Crippen LogP contribution >= 0.6 is 12.4 Å². The summed E-state index contributed by atoms with van der Waals surface area (Å²) in [4.78, 5) is 14.3. The fourth-order valence-corrected chi connectivity index (χ4v) is 2.41. The summed E-state index contributed by atoms with van der Waals surface area (Å²) in [7, 11) is 0. The highest BCUT2D eigenvalue weighted by molar-refractivity contribution is 5.94. The zero-order chi connectivity index (χ0) is 13.0. The topological polar surface area (TPSA) is 32.3 Å². The van der Waals surface area contributed by atoms with Crippen LogP contribution in [0.3, 0.4) is 0 Å². The second-order valence-corrected chi connectivity index (χ2v) is 5.00. The van der Waals surface area contributed by atoms with E-state index in [1.807, 2.05) is 17.0 Å². The van der Waals surface area contributed by atoms with Crippen molar-refractivity contribution in [3.63, 3.8) is 0 Å². The Bertz CT molecular complexity index is 405. The van der Waals surface area contributed by atoms with Crippen molar-refractivity contribution >= 4 is 18.3 Å². The lowest BCUT2D eigenvalue weighted by molar-refractivity contribution is 0.0656. The molecule has 1 aromatic rings. The lowest BCUT2D eigenvalue weighted by atomic mass is 10.1. The lowest BCUT2D eigenvalue weighted by Gasteiger charge is -2.34. The van der Waals surface area contributed by atoms with Crippen LogP contribution in [0.25, 0.3) is 0 Å². The highest BCUT2D eigenvalue weighted by atomic mass is 35.5.